The number of amidine groups is 1. The van der Waals surface area contributed by atoms with Gasteiger partial charge in [0.1, 0.15) is 17.4 Å². The van der Waals surface area contributed by atoms with Gasteiger partial charge < -0.3 is 29.5 Å². The fourth-order valence-corrected chi connectivity index (χ4v) is 6.40. The molecule has 6 rings (SSSR count). The minimum absolute atomic E-state index is 0.0116. The average Bonchev–Trinajstić information content (AvgIpc) is 3.57. The van der Waals surface area contributed by atoms with Crippen molar-refractivity contribution in [3.63, 3.8) is 0 Å². The highest BCUT2D eigenvalue weighted by Crippen LogP contribution is 2.46. The van der Waals surface area contributed by atoms with Crippen molar-refractivity contribution < 1.29 is 19.0 Å². The van der Waals surface area contributed by atoms with Crippen LogP contribution in [0, 0.1) is 24.1 Å². The summed E-state index contributed by atoms with van der Waals surface area (Å²) in [4.78, 5) is 6.69. The predicted octanol–water partition coefficient (Wildman–Crippen LogP) is 3.62. The number of hydrogen-bond donors (Lipinski definition) is 2. The topological polar surface area (TPSA) is 84.1 Å². The lowest BCUT2D eigenvalue weighted by atomic mass is 9.71. The van der Waals surface area contributed by atoms with E-state index in [0.29, 0.717) is 6.61 Å². The van der Waals surface area contributed by atoms with Crippen molar-refractivity contribution in [2.45, 2.75) is 38.3 Å². The Labute approximate surface area is 222 Å². The van der Waals surface area contributed by atoms with Crippen LogP contribution < -0.4 is 10.2 Å². The van der Waals surface area contributed by atoms with Crippen LogP contribution in [0.15, 0.2) is 60.1 Å². The second kappa shape index (κ2) is 10.0. The van der Waals surface area contributed by atoms with Crippen LogP contribution in [0.25, 0.3) is 5.69 Å². The molecule has 4 heterocycles. The van der Waals surface area contributed by atoms with Gasteiger partial charge in [-0.1, -0.05) is 18.2 Å². The smallest absolute Gasteiger partial charge is 0.143 e. The molecule has 1 aromatic heterocycles. The number of nitrogens with one attached hydrogen (secondary N) is 1. The zero-order valence-electron chi connectivity index (χ0n) is 21.8. The summed E-state index contributed by atoms with van der Waals surface area (Å²) in [6, 6.07) is 12.5. The van der Waals surface area contributed by atoms with Gasteiger partial charge in [-0.3, -0.25) is 0 Å². The molecule has 4 atom stereocenters. The third kappa shape index (κ3) is 4.54. The number of halogens is 1. The molecule has 2 saturated heterocycles. The maximum atomic E-state index is 13.8. The van der Waals surface area contributed by atoms with Crippen LogP contribution in [-0.2, 0) is 11.2 Å². The maximum absolute atomic E-state index is 13.8. The molecule has 0 amide bonds. The van der Waals surface area contributed by atoms with E-state index < -0.39 is 0 Å². The molecule has 3 aliphatic rings. The zero-order valence-corrected chi connectivity index (χ0v) is 21.8. The van der Waals surface area contributed by atoms with E-state index in [1.54, 1.807) is 13.4 Å². The third-order valence-electron chi connectivity index (χ3n) is 8.22. The van der Waals surface area contributed by atoms with Gasteiger partial charge in [0, 0.05) is 30.7 Å². The normalized spacial score (nSPS) is 26.7. The molecule has 38 heavy (non-hydrogen) atoms. The first kappa shape index (κ1) is 24.9. The summed E-state index contributed by atoms with van der Waals surface area (Å²) < 4.78 is 27.4. The van der Waals surface area contributed by atoms with Crippen LogP contribution in [-0.4, -0.2) is 64.9 Å². The maximum Gasteiger partial charge on any atom is 0.143 e. The number of fused-ring (bicyclic) bond motifs is 1. The highest BCUT2D eigenvalue weighted by atomic mass is 19.1. The van der Waals surface area contributed by atoms with Gasteiger partial charge in [-0.15, -0.1) is 0 Å². The van der Waals surface area contributed by atoms with Gasteiger partial charge in [0.2, 0.25) is 0 Å². The van der Waals surface area contributed by atoms with Crippen molar-refractivity contribution in [1.29, 1.82) is 0 Å². The molecule has 2 N–H and O–H groups in total. The molecule has 0 aliphatic carbocycles. The summed E-state index contributed by atoms with van der Waals surface area (Å²) in [5.41, 5.74) is 7.24. The Hall–Kier alpha value is -3.43. The van der Waals surface area contributed by atoms with E-state index in [1.807, 2.05) is 29.8 Å². The first-order valence-electron chi connectivity index (χ1n) is 13.2. The van der Waals surface area contributed by atoms with Crippen molar-refractivity contribution in [2.75, 3.05) is 33.5 Å². The van der Waals surface area contributed by atoms with E-state index >= 15 is 0 Å². The molecular weight excluding hydrogens is 485 g/mol. The number of rotatable bonds is 6. The van der Waals surface area contributed by atoms with Crippen molar-refractivity contribution in [3.8, 4) is 11.4 Å². The molecule has 0 saturated carbocycles. The molecular formula is C29H34FN5O3. The van der Waals surface area contributed by atoms with Crippen LogP contribution >= 0.6 is 0 Å². The van der Waals surface area contributed by atoms with E-state index in [-0.39, 0.29) is 35.8 Å². The van der Waals surface area contributed by atoms with Gasteiger partial charge in [0.25, 0.3) is 0 Å². The Morgan fingerprint density at radius 3 is 2.76 bits per heavy atom. The molecule has 3 aliphatic heterocycles. The first-order valence-corrected chi connectivity index (χ1v) is 13.2. The number of benzene rings is 2. The molecule has 2 fully saturated rings. The summed E-state index contributed by atoms with van der Waals surface area (Å²) in [5, 5.41) is 15.0. The molecule has 3 aromatic rings. The number of aryl methyl sites for hydroxylation is 1. The number of hydrazone groups is 1. The lowest BCUT2D eigenvalue weighted by molar-refractivity contribution is 0.0553. The zero-order chi connectivity index (χ0) is 26.3. The molecule has 1 spiro atoms. The van der Waals surface area contributed by atoms with Crippen molar-refractivity contribution >= 4 is 5.84 Å². The molecule has 0 bridgehead atoms. The molecule has 8 nitrogen and oxygen atoms in total. The van der Waals surface area contributed by atoms with E-state index in [2.05, 4.69) is 33.5 Å². The van der Waals surface area contributed by atoms with Gasteiger partial charge in [0.05, 0.1) is 50.1 Å². The summed E-state index contributed by atoms with van der Waals surface area (Å²) in [6.45, 7) is 4.15. The van der Waals surface area contributed by atoms with Crippen LogP contribution in [0.4, 0.5) is 4.39 Å². The summed E-state index contributed by atoms with van der Waals surface area (Å²) in [7, 11) is 1.69. The van der Waals surface area contributed by atoms with Gasteiger partial charge in [-0.05, 0) is 61.6 Å². The van der Waals surface area contributed by atoms with Crippen LogP contribution in [0.2, 0.25) is 0 Å². The number of aliphatic hydroxyl groups excluding tert-OH is 1. The molecule has 0 radical (unpaired) electrons. The minimum atomic E-state index is -0.291. The number of aromatic nitrogens is 2. The molecule has 4 unspecified atom stereocenters. The fourth-order valence-electron chi connectivity index (χ4n) is 6.40. The second-order valence-electron chi connectivity index (χ2n) is 10.8. The van der Waals surface area contributed by atoms with Crippen LogP contribution in [0.5, 0.6) is 5.75 Å². The second-order valence-corrected chi connectivity index (χ2v) is 10.8. The Kier molecular flexibility index (Phi) is 6.57. The lowest BCUT2D eigenvalue weighted by Gasteiger charge is -2.52. The lowest BCUT2D eigenvalue weighted by Crippen LogP contribution is -2.60. The van der Waals surface area contributed by atoms with Crippen LogP contribution in [0.1, 0.15) is 35.7 Å². The number of imidazole rings is 1. The Morgan fingerprint density at radius 2 is 2.08 bits per heavy atom. The fraction of sp³-hybridized carbons (Fsp3) is 0.448. The van der Waals surface area contributed by atoms with E-state index in [1.165, 1.54) is 12.1 Å². The van der Waals surface area contributed by atoms with Crippen molar-refractivity contribution in [1.82, 2.24) is 19.9 Å². The Bertz CT molecular complexity index is 1320. The number of ether oxygens (including phenoxy) is 2. The number of aliphatic hydroxyl groups is 1. The van der Waals surface area contributed by atoms with E-state index in [4.69, 9.17) is 14.6 Å². The highest BCUT2D eigenvalue weighted by molar-refractivity contribution is 5.87. The molecule has 200 valence electrons. The standard InChI is InChI=1S/C29H34FN5O3/c1-19-14-34(18-31-19)25-8-3-20(12-26(25)37-2)11-22-13-29(9-10-38-17-29)16-35-27(21-4-6-23(30)7-5-21)24(15-36)32-33-28(22)35/h3-8,12,14,18,22,24,27,32,36H,9-11,13,15-17H2,1-2H3. The van der Waals surface area contributed by atoms with Gasteiger partial charge in [-0.2, -0.15) is 5.10 Å². The summed E-state index contributed by atoms with van der Waals surface area (Å²) >= 11 is 0. The number of nitrogens with zero attached hydrogens (tertiary/aromatic N) is 4. The highest BCUT2D eigenvalue weighted by Gasteiger charge is 2.49. The monoisotopic (exact) mass is 519 g/mol. The summed E-state index contributed by atoms with van der Waals surface area (Å²) in [6.07, 6.45) is 6.52. The number of piperidine rings is 1. The molecule has 9 heteroatoms. The Balaban J connectivity index is 1.35. The Morgan fingerprint density at radius 1 is 1.24 bits per heavy atom. The third-order valence-corrected chi connectivity index (χ3v) is 8.22. The number of hydrogen-bond acceptors (Lipinski definition) is 7. The van der Waals surface area contributed by atoms with Gasteiger partial charge >= 0.3 is 0 Å². The predicted molar refractivity (Wildman–Crippen MR) is 142 cm³/mol. The van der Waals surface area contributed by atoms with E-state index in [0.717, 1.165) is 66.5 Å². The average molecular weight is 520 g/mol. The number of methoxy groups -OCH3 is 1. The van der Waals surface area contributed by atoms with Gasteiger partial charge in [0.15, 0.2) is 0 Å². The van der Waals surface area contributed by atoms with Crippen molar-refractivity contribution in [3.05, 3.63) is 77.6 Å². The quantitative estimate of drug-likeness (QED) is 0.518. The van der Waals surface area contributed by atoms with Gasteiger partial charge in [-0.25, -0.2) is 9.37 Å². The summed E-state index contributed by atoms with van der Waals surface area (Å²) in [5.74, 6) is 1.65. The molecule has 2 aromatic carbocycles. The minimum Gasteiger partial charge on any atom is -0.495 e. The SMILES string of the molecule is COc1cc(CC2CC3(CCOC3)CN3C2=NNC(CO)C3c2ccc(F)cc2)ccc1-n1cnc(C)c1. The van der Waals surface area contributed by atoms with E-state index in [9.17, 15) is 9.50 Å². The first-order chi connectivity index (χ1) is 18.5. The largest absolute Gasteiger partial charge is 0.495 e. The van der Waals surface area contributed by atoms with Crippen LogP contribution in [0.3, 0.4) is 0 Å². The van der Waals surface area contributed by atoms with Crippen molar-refractivity contribution in [2.24, 2.45) is 16.4 Å².